The fraction of sp³-hybridized carbons (Fsp3) is 0.167. The summed E-state index contributed by atoms with van der Waals surface area (Å²) in [5.41, 5.74) is 0.0735. The molecular weight excluding hydrogens is 118 g/mol. The van der Waals surface area contributed by atoms with E-state index in [0.29, 0.717) is 0 Å². The summed E-state index contributed by atoms with van der Waals surface area (Å²) in [6, 6.07) is 0. The van der Waals surface area contributed by atoms with Crippen molar-refractivity contribution in [3.63, 3.8) is 0 Å². The molecular formula is C6H9NO2. The smallest absolute Gasteiger partial charge is 0.335 e. The van der Waals surface area contributed by atoms with Crippen LogP contribution in [0.15, 0.2) is 24.4 Å². The Hall–Kier alpha value is -1.25. The van der Waals surface area contributed by atoms with Crippen LogP contribution in [0.25, 0.3) is 0 Å². The molecule has 0 radical (unpaired) electrons. The van der Waals surface area contributed by atoms with Crippen LogP contribution in [-0.2, 0) is 4.79 Å². The first-order chi connectivity index (χ1) is 4.18. The van der Waals surface area contributed by atoms with Gasteiger partial charge in [-0.1, -0.05) is 6.58 Å². The van der Waals surface area contributed by atoms with Crippen LogP contribution in [0.4, 0.5) is 0 Å². The Bertz CT molecular complexity index is 149. The molecule has 0 bridgehead atoms. The lowest BCUT2D eigenvalue weighted by Gasteiger charge is -1.88. The predicted octanol–water partition coefficient (Wildman–Crippen LogP) is 0.360. The molecule has 0 aromatic heterocycles. The maximum Gasteiger partial charge on any atom is 0.335 e. The van der Waals surface area contributed by atoms with Gasteiger partial charge in [0.05, 0.1) is 5.57 Å². The molecule has 0 saturated heterocycles. The van der Waals surface area contributed by atoms with E-state index in [1.54, 1.807) is 7.05 Å². The van der Waals surface area contributed by atoms with Crippen LogP contribution in [-0.4, -0.2) is 18.1 Å². The largest absolute Gasteiger partial charge is 0.478 e. The van der Waals surface area contributed by atoms with E-state index in [2.05, 4.69) is 11.9 Å². The lowest BCUT2D eigenvalue weighted by Crippen LogP contribution is -1.98. The third-order valence-corrected chi connectivity index (χ3v) is 0.726. The molecule has 0 atom stereocenters. The van der Waals surface area contributed by atoms with Gasteiger partial charge < -0.3 is 10.4 Å². The van der Waals surface area contributed by atoms with E-state index in [4.69, 9.17) is 5.11 Å². The molecule has 0 aliphatic rings. The molecule has 0 amide bonds. The molecule has 0 unspecified atom stereocenters. The quantitative estimate of drug-likeness (QED) is 0.425. The van der Waals surface area contributed by atoms with E-state index in [9.17, 15) is 4.79 Å². The Kier molecular flexibility index (Phi) is 3.20. The van der Waals surface area contributed by atoms with Crippen LogP contribution in [0.2, 0.25) is 0 Å². The Morgan fingerprint density at radius 2 is 2.33 bits per heavy atom. The highest BCUT2D eigenvalue weighted by Gasteiger charge is 1.95. The van der Waals surface area contributed by atoms with Gasteiger partial charge >= 0.3 is 5.97 Å². The third kappa shape index (κ3) is 3.34. The number of carbonyl (C=O) groups is 1. The van der Waals surface area contributed by atoms with Gasteiger partial charge in [0.1, 0.15) is 0 Å². The normalized spacial score (nSPS) is 9.44. The molecule has 0 fully saturated rings. The van der Waals surface area contributed by atoms with Crippen molar-refractivity contribution in [2.75, 3.05) is 7.05 Å². The summed E-state index contributed by atoms with van der Waals surface area (Å²) >= 11 is 0. The van der Waals surface area contributed by atoms with Crippen molar-refractivity contribution < 1.29 is 9.90 Å². The van der Waals surface area contributed by atoms with E-state index in [1.807, 2.05) is 0 Å². The molecule has 50 valence electrons. The first kappa shape index (κ1) is 7.75. The highest BCUT2D eigenvalue weighted by Crippen LogP contribution is 1.89. The lowest BCUT2D eigenvalue weighted by molar-refractivity contribution is -0.132. The van der Waals surface area contributed by atoms with E-state index >= 15 is 0 Å². The van der Waals surface area contributed by atoms with Crippen molar-refractivity contribution in [3.8, 4) is 0 Å². The number of hydrogen-bond acceptors (Lipinski definition) is 2. The summed E-state index contributed by atoms with van der Waals surface area (Å²) in [6.45, 7) is 3.27. The van der Waals surface area contributed by atoms with Crippen LogP contribution in [0.5, 0.6) is 0 Å². The Labute approximate surface area is 53.7 Å². The van der Waals surface area contributed by atoms with Crippen LogP contribution < -0.4 is 5.32 Å². The maximum absolute atomic E-state index is 10.0. The molecule has 3 heteroatoms. The zero-order valence-corrected chi connectivity index (χ0v) is 5.22. The molecule has 0 heterocycles. The minimum atomic E-state index is -0.999. The van der Waals surface area contributed by atoms with Gasteiger partial charge in [-0.15, -0.1) is 0 Å². The van der Waals surface area contributed by atoms with Crippen molar-refractivity contribution in [2.45, 2.75) is 0 Å². The van der Waals surface area contributed by atoms with Gasteiger partial charge in [0.15, 0.2) is 0 Å². The molecule has 0 spiro atoms. The van der Waals surface area contributed by atoms with Gasteiger partial charge in [-0.3, -0.25) is 0 Å². The fourth-order valence-corrected chi connectivity index (χ4v) is 0.255. The number of nitrogens with one attached hydrogen (secondary N) is 1. The summed E-state index contributed by atoms with van der Waals surface area (Å²) in [4.78, 5) is 10.0. The number of rotatable bonds is 3. The molecule has 3 nitrogen and oxygen atoms in total. The summed E-state index contributed by atoms with van der Waals surface area (Å²) in [5, 5.41) is 10.9. The fourth-order valence-electron chi connectivity index (χ4n) is 0.255. The highest BCUT2D eigenvalue weighted by molar-refractivity contribution is 5.88. The average molecular weight is 127 g/mol. The van der Waals surface area contributed by atoms with Crippen LogP contribution in [0.3, 0.4) is 0 Å². The lowest BCUT2D eigenvalue weighted by atomic mass is 10.3. The van der Waals surface area contributed by atoms with Crippen LogP contribution >= 0.6 is 0 Å². The van der Waals surface area contributed by atoms with Crippen molar-refractivity contribution in [1.29, 1.82) is 0 Å². The van der Waals surface area contributed by atoms with Gasteiger partial charge in [0.2, 0.25) is 0 Å². The minimum Gasteiger partial charge on any atom is -0.478 e. The average Bonchev–Trinajstić information content (AvgIpc) is 1.82. The number of hydrogen-bond donors (Lipinski definition) is 2. The monoisotopic (exact) mass is 127 g/mol. The van der Waals surface area contributed by atoms with Gasteiger partial charge in [-0.25, -0.2) is 4.79 Å². The standard InChI is InChI=1S/C6H9NO2/c1-5(6(8)9)3-4-7-2/h3-4,7H,1H2,2H3,(H,8,9)/b4-3-. The second-order valence-corrected chi connectivity index (χ2v) is 1.45. The minimum absolute atomic E-state index is 0.0735. The molecule has 0 aliphatic carbocycles. The zero-order chi connectivity index (χ0) is 7.28. The molecule has 0 aromatic rings. The number of carboxylic acid groups (broad SMARTS) is 1. The van der Waals surface area contributed by atoms with Gasteiger partial charge in [-0.05, 0) is 12.3 Å². The van der Waals surface area contributed by atoms with Crippen molar-refractivity contribution in [1.82, 2.24) is 5.32 Å². The first-order valence-electron chi connectivity index (χ1n) is 2.44. The molecule has 2 N–H and O–H groups in total. The number of carboxylic acids is 1. The van der Waals surface area contributed by atoms with E-state index < -0.39 is 5.97 Å². The SMILES string of the molecule is C=C(/C=C\NC)C(=O)O. The van der Waals surface area contributed by atoms with Gasteiger partial charge in [0.25, 0.3) is 0 Å². The zero-order valence-electron chi connectivity index (χ0n) is 5.22. The molecule has 0 aromatic carbocycles. The highest BCUT2D eigenvalue weighted by atomic mass is 16.4. The maximum atomic E-state index is 10.0. The van der Waals surface area contributed by atoms with Crippen molar-refractivity contribution in [3.05, 3.63) is 24.4 Å². The molecule has 9 heavy (non-hydrogen) atoms. The van der Waals surface area contributed by atoms with E-state index in [1.165, 1.54) is 12.3 Å². The predicted molar refractivity (Wildman–Crippen MR) is 35.0 cm³/mol. The topological polar surface area (TPSA) is 49.3 Å². The first-order valence-corrected chi connectivity index (χ1v) is 2.44. The van der Waals surface area contributed by atoms with Crippen molar-refractivity contribution >= 4 is 5.97 Å². The van der Waals surface area contributed by atoms with Crippen LogP contribution in [0.1, 0.15) is 0 Å². The third-order valence-electron chi connectivity index (χ3n) is 0.726. The Balaban J connectivity index is 3.77. The second-order valence-electron chi connectivity index (χ2n) is 1.45. The summed E-state index contributed by atoms with van der Waals surface area (Å²) in [5.74, 6) is -0.999. The number of aliphatic carboxylic acids is 1. The van der Waals surface area contributed by atoms with E-state index in [0.717, 1.165) is 0 Å². The van der Waals surface area contributed by atoms with Gasteiger partial charge in [0, 0.05) is 7.05 Å². The summed E-state index contributed by atoms with van der Waals surface area (Å²) in [7, 11) is 1.69. The van der Waals surface area contributed by atoms with Crippen LogP contribution in [0, 0.1) is 0 Å². The summed E-state index contributed by atoms with van der Waals surface area (Å²) < 4.78 is 0. The molecule has 0 rings (SSSR count). The summed E-state index contributed by atoms with van der Waals surface area (Å²) in [6.07, 6.45) is 2.90. The molecule has 0 saturated carbocycles. The Morgan fingerprint density at radius 1 is 1.78 bits per heavy atom. The van der Waals surface area contributed by atoms with E-state index in [-0.39, 0.29) is 5.57 Å². The molecule has 0 aliphatic heterocycles. The second kappa shape index (κ2) is 3.72. The van der Waals surface area contributed by atoms with Gasteiger partial charge in [-0.2, -0.15) is 0 Å². The van der Waals surface area contributed by atoms with Crippen molar-refractivity contribution in [2.24, 2.45) is 0 Å². The Morgan fingerprint density at radius 3 is 2.67 bits per heavy atom.